The van der Waals surface area contributed by atoms with Crippen LogP contribution in [0.3, 0.4) is 0 Å². The number of carboxylic acid groups (broad SMARTS) is 1. The Bertz CT molecular complexity index is 461. The van der Waals surface area contributed by atoms with Crippen molar-refractivity contribution >= 4 is 5.97 Å². The van der Waals surface area contributed by atoms with Crippen molar-refractivity contribution in [2.45, 2.75) is 38.1 Å². The predicted octanol–water partition coefficient (Wildman–Crippen LogP) is 2.77. The number of alkyl halides is 3. The van der Waals surface area contributed by atoms with Crippen LogP contribution in [0, 0.1) is 0 Å². The lowest BCUT2D eigenvalue weighted by Crippen LogP contribution is -2.28. The molecule has 106 valence electrons. The first-order chi connectivity index (χ1) is 8.89. The lowest BCUT2D eigenvalue weighted by atomic mass is 10.1. The molecule has 0 spiro atoms. The average molecular weight is 277 g/mol. The van der Waals surface area contributed by atoms with E-state index in [0.717, 1.165) is 29.5 Å². The van der Waals surface area contributed by atoms with Gasteiger partial charge in [-0.15, -0.1) is 0 Å². The molecule has 1 aliphatic heterocycles. The van der Waals surface area contributed by atoms with Crippen molar-refractivity contribution in [1.82, 2.24) is 4.57 Å². The summed E-state index contributed by atoms with van der Waals surface area (Å²) in [5.41, 5.74) is -1.31. The highest BCUT2D eigenvalue weighted by atomic mass is 19.4. The Hall–Kier alpha value is -1.50. The van der Waals surface area contributed by atoms with Gasteiger partial charge in [0, 0.05) is 13.2 Å². The summed E-state index contributed by atoms with van der Waals surface area (Å²) in [6.45, 7) is 0.430. The zero-order valence-electron chi connectivity index (χ0n) is 10.1. The fraction of sp³-hybridized carbons (Fsp3) is 0.583. The van der Waals surface area contributed by atoms with Gasteiger partial charge >= 0.3 is 12.1 Å². The van der Waals surface area contributed by atoms with Gasteiger partial charge in [0.2, 0.25) is 0 Å². The molecule has 1 N–H and O–H groups in total. The molecule has 1 atom stereocenters. The van der Waals surface area contributed by atoms with Gasteiger partial charge in [-0.2, -0.15) is 13.2 Å². The quantitative estimate of drug-likeness (QED) is 0.924. The Kier molecular flexibility index (Phi) is 3.84. The van der Waals surface area contributed by atoms with Gasteiger partial charge in [0.15, 0.2) is 0 Å². The number of aromatic nitrogens is 1. The Morgan fingerprint density at radius 1 is 1.42 bits per heavy atom. The summed E-state index contributed by atoms with van der Waals surface area (Å²) in [5.74, 6) is -1.37. The summed E-state index contributed by atoms with van der Waals surface area (Å²) >= 11 is 0. The molecule has 2 rings (SSSR count). The molecule has 1 aromatic heterocycles. The number of carboxylic acids is 1. The lowest BCUT2D eigenvalue weighted by molar-refractivity contribution is -0.144. The summed E-state index contributed by atoms with van der Waals surface area (Å²) < 4.78 is 44.6. The number of halogens is 3. The molecule has 0 bridgehead atoms. The molecule has 1 saturated heterocycles. The number of hydrogen-bond acceptors (Lipinski definition) is 2. The Labute approximate surface area is 107 Å². The fourth-order valence-corrected chi connectivity index (χ4v) is 2.25. The summed E-state index contributed by atoms with van der Waals surface area (Å²) in [7, 11) is 0. The van der Waals surface area contributed by atoms with E-state index in [0.29, 0.717) is 13.0 Å². The first-order valence-corrected chi connectivity index (χ1v) is 6.01. The third-order valence-electron chi connectivity index (χ3n) is 3.15. The van der Waals surface area contributed by atoms with E-state index in [4.69, 9.17) is 9.84 Å². The first-order valence-electron chi connectivity index (χ1n) is 6.01. The van der Waals surface area contributed by atoms with Crippen molar-refractivity contribution in [3.8, 4) is 0 Å². The second kappa shape index (κ2) is 5.24. The van der Waals surface area contributed by atoms with Gasteiger partial charge < -0.3 is 14.4 Å². The van der Waals surface area contributed by atoms with Crippen molar-refractivity contribution in [3.05, 3.63) is 23.5 Å². The van der Waals surface area contributed by atoms with E-state index in [1.807, 2.05) is 0 Å². The van der Waals surface area contributed by atoms with Crippen LogP contribution in [0.15, 0.2) is 12.1 Å². The van der Waals surface area contributed by atoms with Crippen LogP contribution in [-0.4, -0.2) is 28.4 Å². The maximum absolute atomic E-state index is 12.8. The number of hydrogen-bond donors (Lipinski definition) is 1. The van der Waals surface area contributed by atoms with E-state index in [9.17, 15) is 18.0 Å². The van der Waals surface area contributed by atoms with Gasteiger partial charge in [-0.05, 0) is 31.4 Å². The van der Waals surface area contributed by atoms with E-state index in [1.165, 1.54) is 0 Å². The third kappa shape index (κ3) is 3.09. The summed E-state index contributed by atoms with van der Waals surface area (Å²) in [4.78, 5) is 11.0. The number of nitrogens with zero attached hydrogens (tertiary/aromatic N) is 1. The van der Waals surface area contributed by atoms with Crippen LogP contribution in [0.5, 0.6) is 0 Å². The maximum atomic E-state index is 12.8. The molecule has 0 aromatic carbocycles. The highest BCUT2D eigenvalue weighted by Crippen LogP contribution is 2.31. The van der Waals surface area contributed by atoms with Crippen molar-refractivity contribution in [2.75, 3.05) is 6.61 Å². The van der Waals surface area contributed by atoms with E-state index >= 15 is 0 Å². The highest BCUT2D eigenvalue weighted by molar-refractivity contribution is 5.86. The van der Waals surface area contributed by atoms with E-state index in [2.05, 4.69) is 0 Å². The van der Waals surface area contributed by atoms with Gasteiger partial charge in [0.1, 0.15) is 11.4 Å². The second-order valence-electron chi connectivity index (χ2n) is 4.51. The number of carbonyl (C=O) groups is 1. The van der Waals surface area contributed by atoms with Crippen LogP contribution < -0.4 is 0 Å². The Balaban J connectivity index is 2.29. The molecular formula is C12H14F3NO3. The number of aromatic carboxylic acids is 1. The second-order valence-corrected chi connectivity index (χ2v) is 4.51. The molecule has 19 heavy (non-hydrogen) atoms. The molecule has 2 heterocycles. The monoisotopic (exact) mass is 277 g/mol. The van der Waals surface area contributed by atoms with Gasteiger partial charge in [-0.25, -0.2) is 4.79 Å². The SMILES string of the molecule is O=C(O)c1ccc(C(F)(F)F)n1CC1CCCCO1. The van der Waals surface area contributed by atoms with Crippen LogP contribution in [0.2, 0.25) is 0 Å². The minimum Gasteiger partial charge on any atom is -0.477 e. The molecule has 0 aliphatic carbocycles. The molecule has 0 radical (unpaired) electrons. The van der Waals surface area contributed by atoms with Crippen molar-refractivity contribution in [3.63, 3.8) is 0 Å². The lowest BCUT2D eigenvalue weighted by Gasteiger charge is -2.25. The van der Waals surface area contributed by atoms with E-state index < -0.39 is 17.8 Å². The summed E-state index contributed by atoms with van der Waals surface area (Å²) in [5, 5.41) is 8.95. The molecule has 0 amide bonds. The van der Waals surface area contributed by atoms with Gasteiger partial charge in [-0.3, -0.25) is 0 Å². The van der Waals surface area contributed by atoms with E-state index in [1.54, 1.807) is 0 Å². The maximum Gasteiger partial charge on any atom is 0.431 e. The van der Waals surface area contributed by atoms with Crippen molar-refractivity contribution in [2.24, 2.45) is 0 Å². The normalized spacial score (nSPS) is 20.5. The zero-order valence-corrected chi connectivity index (χ0v) is 10.1. The first kappa shape index (κ1) is 13.9. The van der Waals surface area contributed by atoms with Crippen LogP contribution in [0.1, 0.15) is 35.4 Å². The minimum atomic E-state index is -4.57. The van der Waals surface area contributed by atoms with Gasteiger partial charge in [0.25, 0.3) is 0 Å². The molecule has 1 fully saturated rings. The van der Waals surface area contributed by atoms with Gasteiger partial charge in [0.05, 0.1) is 6.10 Å². The average Bonchev–Trinajstić information content (AvgIpc) is 2.74. The fourth-order valence-electron chi connectivity index (χ4n) is 2.25. The molecule has 4 nitrogen and oxygen atoms in total. The standard InChI is InChI=1S/C12H14F3NO3/c13-12(14,15)10-5-4-9(11(17)18)16(10)7-8-3-1-2-6-19-8/h4-5,8H,1-3,6-7H2,(H,17,18). The predicted molar refractivity (Wildman–Crippen MR) is 60.0 cm³/mol. The molecule has 1 aromatic rings. The summed E-state index contributed by atoms with van der Waals surface area (Å²) in [6, 6.07) is 1.78. The molecule has 1 aliphatic rings. The Morgan fingerprint density at radius 2 is 2.16 bits per heavy atom. The summed E-state index contributed by atoms with van der Waals surface area (Å²) in [6.07, 6.45) is -2.51. The minimum absolute atomic E-state index is 0.0799. The van der Waals surface area contributed by atoms with Crippen LogP contribution in [0.25, 0.3) is 0 Å². The topological polar surface area (TPSA) is 51.5 Å². The Morgan fingerprint density at radius 3 is 2.68 bits per heavy atom. The third-order valence-corrected chi connectivity index (χ3v) is 3.15. The molecule has 1 unspecified atom stereocenters. The van der Waals surface area contributed by atoms with Crippen molar-refractivity contribution in [1.29, 1.82) is 0 Å². The molecular weight excluding hydrogens is 263 g/mol. The van der Waals surface area contributed by atoms with Gasteiger partial charge in [-0.1, -0.05) is 0 Å². The number of rotatable bonds is 3. The van der Waals surface area contributed by atoms with Crippen molar-refractivity contribution < 1.29 is 27.8 Å². The molecule has 0 saturated carbocycles. The van der Waals surface area contributed by atoms with Crippen LogP contribution in [-0.2, 0) is 17.5 Å². The van der Waals surface area contributed by atoms with E-state index in [-0.39, 0.29) is 18.3 Å². The smallest absolute Gasteiger partial charge is 0.431 e. The zero-order chi connectivity index (χ0) is 14.0. The highest BCUT2D eigenvalue weighted by Gasteiger charge is 2.36. The largest absolute Gasteiger partial charge is 0.477 e. The molecule has 7 heteroatoms. The number of ether oxygens (including phenoxy) is 1. The van der Waals surface area contributed by atoms with Crippen LogP contribution >= 0.6 is 0 Å². The van der Waals surface area contributed by atoms with Crippen LogP contribution in [0.4, 0.5) is 13.2 Å².